The molecule has 2 aliphatic heterocycles. The summed E-state index contributed by atoms with van der Waals surface area (Å²) in [4.78, 5) is 36.1. The molecular formula is C47H58B2N2O11S4. The number of carbonyl (C=O) groups is 1. The van der Waals surface area contributed by atoms with Gasteiger partial charge in [0.25, 0.3) is 11.4 Å². The average Bonchev–Trinajstić information content (AvgIpc) is 3.66. The van der Waals surface area contributed by atoms with E-state index in [-0.39, 0.29) is 35.7 Å². The summed E-state index contributed by atoms with van der Waals surface area (Å²) in [6.45, 7) is 12.4. The molecule has 2 saturated heterocycles. The molecule has 0 spiro atoms. The third-order valence-electron chi connectivity index (χ3n) is 12.6. The van der Waals surface area contributed by atoms with Gasteiger partial charge in [0.15, 0.2) is 0 Å². The van der Waals surface area contributed by atoms with Crippen LogP contribution in [0.4, 0.5) is 16.2 Å². The highest BCUT2D eigenvalue weighted by atomic mass is 32.2. The molecule has 2 unspecified atom stereocenters. The monoisotopic (exact) mass is 976 g/mol. The van der Waals surface area contributed by atoms with Crippen molar-refractivity contribution in [2.45, 2.75) is 102 Å². The van der Waals surface area contributed by atoms with Gasteiger partial charge in [0.05, 0.1) is 32.3 Å². The number of thioether (sulfide) groups is 2. The highest BCUT2D eigenvalue weighted by molar-refractivity contribution is 8.00. The van der Waals surface area contributed by atoms with Crippen molar-refractivity contribution in [2.24, 2.45) is 0 Å². The van der Waals surface area contributed by atoms with Gasteiger partial charge in [-0.15, -0.1) is 0 Å². The standard InChI is InChI=1S/C47H58B2N2O11S4/c1-44(2)46(5,21-7-25-65-27-23-63)61-48(59-44)37-13-9-33(10-14-37)29-35-31-39(50(53)54)17-19-41(35)57-43(52)58-42-20-18-40(51(55)56)32-36(42)30-34-11-15-38(16-12-34)49-60-45(3,4)47(6,62-49)22-8-26-66-28-24-64/h9-20,31-32,63-64H,7-8,21-30H2,1-6H3. The molecule has 6 rings (SSSR count). The molecule has 4 aromatic carbocycles. The van der Waals surface area contributed by atoms with Gasteiger partial charge < -0.3 is 28.1 Å². The number of hydrogen-bond donors (Lipinski definition) is 2. The van der Waals surface area contributed by atoms with E-state index in [0.29, 0.717) is 11.1 Å². The van der Waals surface area contributed by atoms with Crippen molar-refractivity contribution in [2.75, 3.05) is 34.5 Å². The number of non-ortho nitro benzene ring substituents is 2. The van der Waals surface area contributed by atoms with E-state index in [4.69, 9.17) is 28.1 Å². The number of rotatable bonds is 22. The van der Waals surface area contributed by atoms with Crippen LogP contribution < -0.4 is 20.4 Å². The quantitative estimate of drug-likeness (QED) is 0.0146. The number of hydrogen-bond acceptors (Lipinski definition) is 15. The minimum absolute atomic E-state index is 0.0595. The maximum absolute atomic E-state index is 13.5. The summed E-state index contributed by atoms with van der Waals surface area (Å²) in [5, 5.41) is 23.7. The molecule has 4 aromatic rings. The molecule has 2 atom stereocenters. The number of ether oxygens (including phenoxy) is 2. The lowest BCUT2D eigenvalue weighted by Gasteiger charge is -2.36. The molecular weight excluding hydrogens is 918 g/mol. The Labute approximate surface area is 407 Å². The largest absolute Gasteiger partial charge is 0.519 e. The number of nitro benzene ring substituents is 2. The van der Waals surface area contributed by atoms with Gasteiger partial charge in [-0.2, -0.15) is 48.8 Å². The molecule has 13 nitrogen and oxygen atoms in total. The van der Waals surface area contributed by atoms with Crippen LogP contribution in [0.1, 0.15) is 89.5 Å². The molecule has 2 aliphatic rings. The van der Waals surface area contributed by atoms with Crippen molar-refractivity contribution in [3.8, 4) is 11.5 Å². The average molecular weight is 977 g/mol. The fraction of sp³-hybridized carbons (Fsp3) is 0.468. The van der Waals surface area contributed by atoms with Gasteiger partial charge in [0, 0.05) is 59.7 Å². The molecule has 19 heteroatoms. The van der Waals surface area contributed by atoms with Gasteiger partial charge in [-0.25, -0.2) is 4.79 Å². The van der Waals surface area contributed by atoms with Gasteiger partial charge in [0.1, 0.15) is 11.5 Å². The van der Waals surface area contributed by atoms with E-state index in [1.807, 2.05) is 99.7 Å². The van der Waals surface area contributed by atoms with E-state index in [0.717, 1.165) is 82.3 Å². The lowest BCUT2D eigenvalue weighted by Crippen LogP contribution is -2.44. The van der Waals surface area contributed by atoms with E-state index < -0.39 is 52.6 Å². The van der Waals surface area contributed by atoms with E-state index in [9.17, 15) is 25.0 Å². The minimum Gasteiger partial charge on any atom is -0.399 e. The maximum Gasteiger partial charge on any atom is 0.519 e. The predicted octanol–water partition coefficient (Wildman–Crippen LogP) is 9.71. The Morgan fingerprint density at radius 3 is 1.32 bits per heavy atom. The van der Waals surface area contributed by atoms with Crippen LogP contribution in [0.5, 0.6) is 11.5 Å². The molecule has 0 bridgehead atoms. The second-order valence-corrected chi connectivity index (χ2v) is 21.2. The van der Waals surface area contributed by atoms with Crippen LogP contribution in [-0.4, -0.2) is 87.2 Å². The second kappa shape index (κ2) is 22.6. The number of nitrogens with zero attached hydrogens (tertiary/aromatic N) is 2. The third kappa shape index (κ3) is 12.9. The normalized spacial score (nSPS) is 19.8. The summed E-state index contributed by atoms with van der Waals surface area (Å²) >= 11 is 12.3. The summed E-state index contributed by atoms with van der Waals surface area (Å²) < 4.78 is 37.3. The molecule has 352 valence electrons. The Morgan fingerprint density at radius 2 is 0.970 bits per heavy atom. The molecule has 0 saturated carbocycles. The summed E-state index contributed by atoms with van der Waals surface area (Å²) in [5.41, 5.74) is 1.60. The van der Waals surface area contributed by atoms with Crippen LogP contribution in [0.3, 0.4) is 0 Å². The smallest absolute Gasteiger partial charge is 0.399 e. The number of nitro groups is 2. The van der Waals surface area contributed by atoms with E-state index in [1.165, 1.54) is 36.4 Å². The molecule has 0 amide bonds. The van der Waals surface area contributed by atoms with Crippen molar-refractivity contribution in [3.05, 3.63) is 127 Å². The zero-order valence-corrected chi connectivity index (χ0v) is 41.7. The lowest BCUT2D eigenvalue weighted by molar-refractivity contribution is -0.385. The van der Waals surface area contributed by atoms with E-state index in [1.54, 1.807) is 0 Å². The van der Waals surface area contributed by atoms with Gasteiger partial charge in [0.2, 0.25) is 0 Å². The summed E-state index contributed by atoms with van der Waals surface area (Å²) in [6.07, 6.45) is 2.92. The molecule has 0 aliphatic carbocycles. The van der Waals surface area contributed by atoms with E-state index >= 15 is 0 Å². The number of carbonyl (C=O) groups excluding carboxylic acids is 1. The molecule has 0 radical (unpaired) electrons. The zero-order valence-electron chi connectivity index (χ0n) is 38.3. The Morgan fingerprint density at radius 1 is 0.591 bits per heavy atom. The Kier molecular flexibility index (Phi) is 17.7. The lowest BCUT2D eigenvalue weighted by atomic mass is 9.78. The number of benzene rings is 4. The molecule has 66 heavy (non-hydrogen) atoms. The Bertz CT molecular complexity index is 2170. The molecule has 2 fully saturated rings. The van der Waals surface area contributed by atoms with Crippen molar-refractivity contribution in [1.29, 1.82) is 0 Å². The van der Waals surface area contributed by atoms with E-state index in [2.05, 4.69) is 39.1 Å². The summed E-state index contributed by atoms with van der Waals surface area (Å²) in [5.74, 6) is 5.87. The van der Waals surface area contributed by atoms with Crippen LogP contribution in [0, 0.1) is 20.2 Å². The first kappa shape index (κ1) is 51.7. The fourth-order valence-corrected chi connectivity index (χ4v) is 10.1. The van der Waals surface area contributed by atoms with Gasteiger partial charge in [-0.1, -0.05) is 48.5 Å². The third-order valence-corrected chi connectivity index (χ3v) is 15.8. The summed E-state index contributed by atoms with van der Waals surface area (Å²) in [7, 11) is -1.14. The molecule has 0 N–H and O–H groups in total. The highest BCUT2D eigenvalue weighted by Gasteiger charge is 2.55. The number of thiol groups is 2. The topological polar surface area (TPSA) is 159 Å². The van der Waals surface area contributed by atoms with Crippen LogP contribution in [0.2, 0.25) is 0 Å². The van der Waals surface area contributed by atoms with Crippen molar-refractivity contribution < 1.29 is 42.7 Å². The van der Waals surface area contributed by atoms with Crippen LogP contribution in [-0.2, 0) is 31.5 Å². The zero-order chi connectivity index (χ0) is 47.7. The predicted molar refractivity (Wildman–Crippen MR) is 272 cm³/mol. The van der Waals surface area contributed by atoms with Crippen molar-refractivity contribution in [1.82, 2.24) is 0 Å². The SMILES string of the molecule is CC1(C)OB(c2ccc(Cc3cc([N+](=O)[O-])ccc3OC(=O)Oc3ccc([N+](=O)[O-])cc3Cc3ccc(B4OC(C)(C)C(C)(CCCSCCS)O4)cc3)cc2)OC1(C)CCCSCCS. The van der Waals surface area contributed by atoms with Crippen LogP contribution >= 0.6 is 48.8 Å². The molecule has 0 aromatic heterocycles. The van der Waals surface area contributed by atoms with Crippen LogP contribution in [0.25, 0.3) is 0 Å². The van der Waals surface area contributed by atoms with Crippen molar-refractivity contribution in [3.63, 3.8) is 0 Å². The fourth-order valence-electron chi connectivity index (χ4n) is 8.00. The Balaban J connectivity index is 1.13. The minimum atomic E-state index is -1.12. The maximum atomic E-state index is 13.5. The molecule has 2 heterocycles. The first-order valence-electron chi connectivity index (χ1n) is 22.1. The first-order valence-corrected chi connectivity index (χ1v) is 25.6. The van der Waals surface area contributed by atoms with Gasteiger partial charge >= 0.3 is 20.4 Å². The Hall–Kier alpha value is -3.68. The van der Waals surface area contributed by atoms with Gasteiger partial charge in [-0.05, 0) is 124 Å². The second-order valence-electron chi connectivity index (χ2n) is 17.9. The summed E-state index contributed by atoms with van der Waals surface area (Å²) in [6, 6.07) is 23.1. The van der Waals surface area contributed by atoms with Gasteiger partial charge in [-0.3, -0.25) is 20.2 Å². The van der Waals surface area contributed by atoms with Crippen LogP contribution in [0.15, 0.2) is 84.9 Å². The van der Waals surface area contributed by atoms with Crippen molar-refractivity contribution >= 4 is 91.5 Å². The first-order chi connectivity index (χ1) is 31.4. The highest BCUT2D eigenvalue weighted by Crippen LogP contribution is 2.42.